The fourth-order valence-electron chi connectivity index (χ4n) is 0.862. The molecule has 0 aliphatic rings. The van der Waals surface area contributed by atoms with Gasteiger partial charge in [0, 0.05) is 6.42 Å². The fourth-order valence-corrected chi connectivity index (χ4v) is 0.862. The standard InChI is InChI=1S/C6H12O.C6H14O/c1-6(2,3)4-5-7;1-4-5-6(2,3)7/h5H,4H2,1-3H3;7H,4-5H2,1-3H3. The van der Waals surface area contributed by atoms with E-state index in [9.17, 15) is 4.79 Å². The average Bonchev–Trinajstić information content (AvgIpc) is 1.81. The Hall–Kier alpha value is -0.370. The van der Waals surface area contributed by atoms with Crippen molar-refractivity contribution in [3.8, 4) is 0 Å². The highest BCUT2D eigenvalue weighted by atomic mass is 16.3. The summed E-state index contributed by atoms with van der Waals surface area (Å²) in [5, 5.41) is 9.02. The smallest absolute Gasteiger partial charge is 0.120 e. The lowest BCUT2D eigenvalue weighted by molar-refractivity contribution is -0.109. The molecule has 2 heteroatoms. The van der Waals surface area contributed by atoms with Crippen LogP contribution in [-0.2, 0) is 4.79 Å². The topological polar surface area (TPSA) is 37.3 Å². The van der Waals surface area contributed by atoms with E-state index in [1.165, 1.54) is 0 Å². The molecule has 0 aliphatic heterocycles. The minimum atomic E-state index is -0.450. The number of rotatable bonds is 3. The first-order chi connectivity index (χ1) is 6.12. The van der Waals surface area contributed by atoms with Crippen LogP contribution >= 0.6 is 0 Å². The number of aldehydes is 1. The van der Waals surface area contributed by atoms with E-state index in [2.05, 4.69) is 6.92 Å². The highest BCUT2D eigenvalue weighted by Gasteiger charge is 2.08. The largest absolute Gasteiger partial charge is 0.390 e. The van der Waals surface area contributed by atoms with Crippen LogP contribution in [0.25, 0.3) is 0 Å². The Morgan fingerprint density at radius 2 is 1.57 bits per heavy atom. The Morgan fingerprint density at radius 1 is 1.14 bits per heavy atom. The van der Waals surface area contributed by atoms with Gasteiger partial charge in [-0.15, -0.1) is 0 Å². The van der Waals surface area contributed by atoms with Gasteiger partial charge in [0.05, 0.1) is 5.60 Å². The molecule has 0 aromatic carbocycles. The summed E-state index contributed by atoms with van der Waals surface area (Å²) in [5.74, 6) is 0. The lowest BCUT2D eigenvalue weighted by Gasteiger charge is -2.14. The third-order valence-electron chi connectivity index (χ3n) is 1.56. The molecule has 0 rings (SSSR count). The number of aliphatic hydroxyl groups is 1. The molecule has 0 atom stereocenters. The molecule has 0 amide bonds. The van der Waals surface area contributed by atoms with E-state index in [-0.39, 0.29) is 5.41 Å². The van der Waals surface area contributed by atoms with Crippen molar-refractivity contribution in [2.75, 3.05) is 0 Å². The summed E-state index contributed by atoms with van der Waals surface area (Å²) in [4.78, 5) is 9.82. The summed E-state index contributed by atoms with van der Waals surface area (Å²) in [7, 11) is 0. The second-order valence-electron chi connectivity index (χ2n) is 5.49. The van der Waals surface area contributed by atoms with Crippen LogP contribution in [-0.4, -0.2) is 17.0 Å². The van der Waals surface area contributed by atoms with Crippen molar-refractivity contribution in [1.29, 1.82) is 0 Å². The summed E-state index contributed by atoms with van der Waals surface area (Å²) in [6, 6.07) is 0. The SMILES string of the molecule is CC(C)(C)CC=O.CCCC(C)(C)O. The Kier molecular flexibility index (Phi) is 8.03. The molecule has 0 radical (unpaired) electrons. The van der Waals surface area contributed by atoms with Crippen molar-refractivity contribution in [2.45, 2.75) is 66.4 Å². The molecule has 0 aliphatic carbocycles. The van der Waals surface area contributed by atoms with Gasteiger partial charge in [0.25, 0.3) is 0 Å². The summed E-state index contributed by atoms with van der Waals surface area (Å²) in [6.45, 7) is 11.9. The van der Waals surface area contributed by atoms with Crippen LogP contribution in [0, 0.1) is 5.41 Å². The van der Waals surface area contributed by atoms with Crippen LogP contribution in [0.3, 0.4) is 0 Å². The molecule has 0 saturated carbocycles. The predicted molar refractivity (Wildman–Crippen MR) is 61.3 cm³/mol. The Balaban J connectivity index is 0. The van der Waals surface area contributed by atoms with Crippen LogP contribution in [0.1, 0.15) is 60.8 Å². The molecule has 0 heterocycles. The molecule has 0 saturated heterocycles. The molecule has 0 bridgehead atoms. The van der Waals surface area contributed by atoms with Gasteiger partial charge in [0.15, 0.2) is 0 Å². The zero-order valence-electron chi connectivity index (χ0n) is 10.6. The van der Waals surface area contributed by atoms with Gasteiger partial charge in [0.1, 0.15) is 6.29 Å². The number of carbonyl (C=O) groups is 1. The van der Waals surface area contributed by atoms with Crippen LogP contribution in [0.4, 0.5) is 0 Å². The van der Waals surface area contributed by atoms with E-state index in [0.717, 1.165) is 19.1 Å². The van der Waals surface area contributed by atoms with Crippen LogP contribution in [0.15, 0.2) is 0 Å². The zero-order chi connectivity index (χ0) is 11.8. The molecular weight excluding hydrogens is 176 g/mol. The van der Waals surface area contributed by atoms with Crippen LogP contribution in [0.5, 0.6) is 0 Å². The van der Waals surface area contributed by atoms with Gasteiger partial charge in [0.2, 0.25) is 0 Å². The van der Waals surface area contributed by atoms with E-state index in [1.54, 1.807) is 0 Å². The molecule has 86 valence electrons. The highest BCUT2D eigenvalue weighted by Crippen LogP contribution is 2.15. The van der Waals surface area contributed by atoms with Gasteiger partial charge in [-0.1, -0.05) is 34.1 Å². The van der Waals surface area contributed by atoms with E-state index >= 15 is 0 Å². The molecule has 0 aromatic heterocycles. The fraction of sp³-hybridized carbons (Fsp3) is 0.917. The lowest BCUT2D eigenvalue weighted by atomic mass is 9.93. The maximum absolute atomic E-state index is 9.82. The molecular formula is C12H26O2. The zero-order valence-corrected chi connectivity index (χ0v) is 10.6. The monoisotopic (exact) mass is 202 g/mol. The summed E-state index contributed by atoms with van der Waals surface area (Å²) in [6.07, 6.45) is 3.57. The summed E-state index contributed by atoms with van der Waals surface area (Å²) >= 11 is 0. The molecule has 0 fully saturated rings. The summed E-state index contributed by atoms with van der Waals surface area (Å²) in [5.41, 5.74) is -0.267. The molecule has 0 spiro atoms. The maximum Gasteiger partial charge on any atom is 0.120 e. The molecule has 1 N–H and O–H groups in total. The Morgan fingerprint density at radius 3 is 1.57 bits per heavy atom. The van der Waals surface area contributed by atoms with Crippen molar-refractivity contribution in [2.24, 2.45) is 5.41 Å². The van der Waals surface area contributed by atoms with Gasteiger partial charge >= 0.3 is 0 Å². The Bertz CT molecular complexity index is 137. The van der Waals surface area contributed by atoms with Gasteiger partial charge in [-0.3, -0.25) is 0 Å². The third-order valence-corrected chi connectivity index (χ3v) is 1.56. The van der Waals surface area contributed by atoms with Crippen molar-refractivity contribution in [3.63, 3.8) is 0 Å². The third kappa shape index (κ3) is 22.6. The number of carbonyl (C=O) groups excluding carboxylic acids is 1. The normalized spacial score (nSPS) is 11.6. The van der Waals surface area contributed by atoms with Crippen molar-refractivity contribution >= 4 is 6.29 Å². The molecule has 2 nitrogen and oxygen atoms in total. The second kappa shape index (κ2) is 6.99. The van der Waals surface area contributed by atoms with E-state index in [0.29, 0.717) is 6.42 Å². The first kappa shape index (κ1) is 16.1. The van der Waals surface area contributed by atoms with Gasteiger partial charge in [-0.25, -0.2) is 0 Å². The van der Waals surface area contributed by atoms with Gasteiger partial charge in [-0.2, -0.15) is 0 Å². The molecule has 0 aromatic rings. The van der Waals surface area contributed by atoms with E-state index in [1.807, 2.05) is 34.6 Å². The minimum absolute atomic E-state index is 0.182. The van der Waals surface area contributed by atoms with Crippen molar-refractivity contribution < 1.29 is 9.90 Å². The quantitative estimate of drug-likeness (QED) is 0.714. The van der Waals surface area contributed by atoms with Crippen molar-refractivity contribution in [3.05, 3.63) is 0 Å². The van der Waals surface area contributed by atoms with Crippen LogP contribution < -0.4 is 0 Å². The van der Waals surface area contributed by atoms with Gasteiger partial charge in [-0.05, 0) is 25.7 Å². The number of hydrogen-bond acceptors (Lipinski definition) is 2. The molecule has 0 unspecified atom stereocenters. The van der Waals surface area contributed by atoms with Crippen molar-refractivity contribution in [1.82, 2.24) is 0 Å². The van der Waals surface area contributed by atoms with Crippen LogP contribution in [0.2, 0.25) is 0 Å². The average molecular weight is 202 g/mol. The first-order valence-electron chi connectivity index (χ1n) is 5.28. The van der Waals surface area contributed by atoms with Gasteiger partial charge < -0.3 is 9.90 Å². The maximum atomic E-state index is 9.82. The molecule has 14 heavy (non-hydrogen) atoms. The minimum Gasteiger partial charge on any atom is -0.390 e. The Labute approximate surface area is 88.7 Å². The van der Waals surface area contributed by atoms with E-state index < -0.39 is 5.60 Å². The van der Waals surface area contributed by atoms with E-state index in [4.69, 9.17) is 5.11 Å². The first-order valence-corrected chi connectivity index (χ1v) is 5.28. The summed E-state index contributed by atoms with van der Waals surface area (Å²) < 4.78 is 0. The second-order valence-corrected chi connectivity index (χ2v) is 5.49. The predicted octanol–water partition coefficient (Wildman–Crippen LogP) is 3.18. The highest BCUT2D eigenvalue weighted by molar-refractivity contribution is 5.50. The lowest BCUT2D eigenvalue weighted by Crippen LogP contribution is -2.16. The number of hydrogen-bond donors (Lipinski definition) is 1.